The van der Waals surface area contributed by atoms with Crippen molar-refractivity contribution in [2.75, 3.05) is 0 Å². The van der Waals surface area contributed by atoms with Gasteiger partial charge in [-0.15, -0.1) is 0 Å². The summed E-state index contributed by atoms with van der Waals surface area (Å²) >= 11 is 4.13. The lowest BCUT2D eigenvalue weighted by Crippen LogP contribution is -2.44. The lowest BCUT2D eigenvalue weighted by Gasteiger charge is -2.37. The smallest absolute Gasteiger partial charge is 0.0747 e. The van der Waals surface area contributed by atoms with Crippen LogP contribution in [-0.4, -0.2) is 8.07 Å². The van der Waals surface area contributed by atoms with Crippen LogP contribution in [0.25, 0.3) is 11.1 Å². The summed E-state index contributed by atoms with van der Waals surface area (Å²) in [6.07, 6.45) is 0. The fourth-order valence-electron chi connectivity index (χ4n) is 2.99. The number of fused-ring (bicyclic) bond motifs is 3. The predicted octanol–water partition coefficient (Wildman–Crippen LogP) is 5.18. The summed E-state index contributed by atoms with van der Waals surface area (Å²) in [6.45, 7) is 7.29. The molecule has 0 heterocycles. The Morgan fingerprint density at radius 3 is 1.56 bits per heavy atom. The molecule has 0 fully saturated rings. The minimum absolute atomic E-state index is 0.0488. The second kappa shape index (κ2) is 3.81. The molecule has 0 nitrogen and oxygen atoms in total. The van der Waals surface area contributed by atoms with Gasteiger partial charge in [0.2, 0.25) is 0 Å². The molecule has 0 radical (unpaired) electrons. The summed E-state index contributed by atoms with van der Waals surface area (Å²) in [7, 11) is -1.43. The van der Waals surface area contributed by atoms with Crippen LogP contribution in [0.15, 0.2) is 48.5 Å². The Labute approximate surface area is 118 Å². The number of alkyl halides is 1. The van der Waals surface area contributed by atoms with Gasteiger partial charge in [-0.25, -0.2) is 0 Å². The van der Waals surface area contributed by atoms with Crippen LogP contribution in [0.1, 0.15) is 11.1 Å². The van der Waals surface area contributed by atoms with Crippen LogP contribution in [0.5, 0.6) is 0 Å². The van der Waals surface area contributed by atoms with Gasteiger partial charge in [-0.1, -0.05) is 84.1 Å². The predicted molar refractivity (Wildman–Crippen MR) is 84.9 cm³/mol. The average Bonchev–Trinajstić information content (AvgIpc) is 2.62. The van der Waals surface area contributed by atoms with Gasteiger partial charge in [0.1, 0.15) is 0 Å². The molecule has 0 spiro atoms. The van der Waals surface area contributed by atoms with Crippen molar-refractivity contribution in [1.29, 1.82) is 0 Å². The fourth-order valence-corrected chi connectivity index (χ4v) is 5.73. The Morgan fingerprint density at radius 2 is 1.17 bits per heavy atom. The van der Waals surface area contributed by atoms with E-state index in [0.717, 1.165) is 0 Å². The Balaban J connectivity index is 2.41. The summed E-state index contributed by atoms with van der Waals surface area (Å²) in [5, 5.41) is 0. The monoisotopic (exact) mass is 316 g/mol. The third-order valence-electron chi connectivity index (χ3n) is 3.92. The number of halogens is 1. The molecule has 2 heteroatoms. The first kappa shape index (κ1) is 12.2. The van der Waals surface area contributed by atoms with E-state index in [-0.39, 0.29) is 3.95 Å². The van der Waals surface area contributed by atoms with Crippen molar-refractivity contribution in [1.82, 2.24) is 0 Å². The molecular formula is C16H17BrSi. The van der Waals surface area contributed by atoms with Crippen LogP contribution >= 0.6 is 15.9 Å². The lowest BCUT2D eigenvalue weighted by atomic mass is 10.1. The zero-order chi connectivity index (χ0) is 13.0. The molecule has 0 atom stereocenters. The SMILES string of the molecule is C[Si](C)(C)C1(Br)c2ccccc2-c2ccccc21. The molecule has 0 N–H and O–H groups in total. The maximum absolute atomic E-state index is 4.13. The first-order chi connectivity index (χ1) is 8.46. The van der Waals surface area contributed by atoms with Gasteiger partial charge < -0.3 is 0 Å². The summed E-state index contributed by atoms with van der Waals surface area (Å²) < 4.78 is 0.0488. The maximum atomic E-state index is 4.13. The number of benzene rings is 2. The molecule has 2 aromatic rings. The molecule has 0 bridgehead atoms. The molecular weight excluding hydrogens is 300 g/mol. The number of hydrogen-bond donors (Lipinski definition) is 0. The van der Waals surface area contributed by atoms with Gasteiger partial charge in [0.25, 0.3) is 0 Å². The first-order valence-corrected chi connectivity index (χ1v) is 10.6. The largest absolute Gasteiger partial charge is 0.0786 e. The minimum Gasteiger partial charge on any atom is -0.0786 e. The van der Waals surface area contributed by atoms with Crippen LogP contribution in [0.4, 0.5) is 0 Å². The fraction of sp³-hybridized carbons (Fsp3) is 0.250. The zero-order valence-electron chi connectivity index (χ0n) is 11.0. The molecule has 0 saturated heterocycles. The van der Waals surface area contributed by atoms with Gasteiger partial charge in [0.15, 0.2) is 0 Å². The summed E-state index contributed by atoms with van der Waals surface area (Å²) in [6, 6.07) is 17.6. The van der Waals surface area contributed by atoms with Crippen molar-refractivity contribution in [2.24, 2.45) is 0 Å². The zero-order valence-corrected chi connectivity index (χ0v) is 13.6. The highest BCUT2D eigenvalue weighted by molar-refractivity contribution is 9.10. The molecule has 3 rings (SSSR count). The van der Waals surface area contributed by atoms with Gasteiger partial charge in [0, 0.05) is 0 Å². The molecule has 18 heavy (non-hydrogen) atoms. The van der Waals surface area contributed by atoms with Crippen molar-refractivity contribution in [3.63, 3.8) is 0 Å². The highest BCUT2D eigenvalue weighted by atomic mass is 79.9. The highest BCUT2D eigenvalue weighted by Gasteiger charge is 2.49. The average molecular weight is 317 g/mol. The summed E-state index contributed by atoms with van der Waals surface area (Å²) in [4.78, 5) is 0. The third kappa shape index (κ3) is 1.42. The van der Waals surface area contributed by atoms with E-state index in [1.54, 1.807) is 0 Å². The maximum Gasteiger partial charge on any atom is 0.0747 e. The van der Waals surface area contributed by atoms with Gasteiger partial charge in [-0.3, -0.25) is 0 Å². The normalized spacial score (nSPS) is 16.2. The van der Waals surface area contributed by atoms with Crippen molar-refractivity contribution < 1.29 is 0 Å². The van der Waals surface area contributed by atoms with Crippen LogP contribution in [0.2, 0.25) is 19.6 Å². The third-order valence-corrected chi connectivity index (χ3v) is 10.9. The van der Waals surface area contributed by atoms with E-state index in [1.807, 2.05) is 0 Å². The van der Waals surface area contributed by atoms with E-state index in [9.17, 15) is 0 Å². The van der Waals surface area contributed by atoms with Crippen LogP contribution in [0.3, 0.4) is 0 Å². The van der Waals surface area contributed by atoms with Gasteiger partial charge in [-0.2, -0.15) is 0 Å². The number of rotatable bonds is 1. The standard InChI is InChI=1S/C16H17BrSi/c1-18(2,3)16(17)14-10-6-4-8-12(14)13-9-5-7-11-15(13)16/h4-11H,1-3H3. The van der Waals surface area contributed by atoms with E-state index in [4.69, 9.17) is 0 Å². The quantitative estimate of drug-likeness (QED) is 0.502. The van der Waals surface area contributed by atoms with E-state index in [2.05, 4.69) is 84.1 Å². The lowest BCUT2D eigenvalue weighted by molar-refractivity contribution is 1.06. The molecule has 0 unspecified atom stereocenters. The van der Waals surface area contributed by atoms with Crippen molar-refractivity contribution in [2.45, 2.75) is 23.6 Å². The van der Waals surface area contributed by atoms with Gasteiger partial charge in [0.05, 0.1) is 12.0 Å². The number of hydrogen-bond acceptors (Lipinski definition) is 0. The molecule has 1 aliphatic carbocycles. The summed E-state index contributed by atoms with van der Waals surface area (Å²) in [5.41, 5.74) is 5.69. The molecule has 1 aliphatic rings. The minimum atomic E-state index is -1.43. The van der Waals surface area contributed by atoms with Crippen LogP contribution < -0.4 is 0 Å². The van der Waals surface area contributed by atoms with Crippen molar-refractivity contribution >= 4 is 24.0 Å². The Kier molecular flexibility index (Phi) is 2.58. The molecule has 0 amide bonds. The van der Waals surface area contributed by atoms with E-state index in [0.29, 0.717) is 0 Å². The molecule has 2 aromatic carbocycles. The van der Waals surface area contributed by atoms with Crippen molar-refractivity contribution in [3.8, 4) is 11.1 Å². The van der Waals surface area contributed by atoms with Crippen LogP contribution in [0, 0.1) is 0 Å². The second-order valence-corrected chi connectivity index (χ2v) is 13.2. The highest BCUT2D eigenvalue weighted by Crippen LogP contribution is 2.56. The Morgan fingerprint density at radius 1 is 0.778 bits per heavy atom. The van der Waals surface area contributed by atoms with Crippen molar-refractivity contribution in [3.05, 3.63) is 59.7 Å². The van der Waals surface area contributed by atoms with Gasteiger partial charge >= 0.3 is 0 Å². The molecule has 0 aromatic heterocycles. The first-order valence-electron chi connectivity index (χ1n) is 6.34. The van der Waals surface area contributed by atoms with E-state index in [1.165, 1.54) is 22.3 Å². The van der Waals surface area contributed by atoms with Crippen LogP contribution in [-0.2, 0) is 3.95 Å². The summed E-state index contributed by atoms with van der Waals surface area (Å²) in [5.74, 6) is 0. The molecule has 0 aliphatic heterocycles. The Bertz CT molecular complexity index is 565. The molecule has 92 valence electrons. The molecule has 0 saturated carbocycles. The van der Waals surface area contributed by atoms with E-state index < -0.39 is 8.07 Å². The van der Waals surface area contributed by atoms with E-state index >= 15 is 0 Å². The van der Waals surface area contributed by atoms with Gasteiger partial charge in [-0.05, 0) is 22.3 Å². The topological polar surface area (TPSA) is 0 Å². The Hall–Kier alpha value is -0.863. The second-order valence-electron chi connectivity index (χ2n) is 6.00.